The Kier molecular flexibility index (Phi) is 3.55. The van der Waals surface area contributed by atoms with E-state index in [-0.39, 0.29) is 18.0 Å². The van der Waals surface area contributed by atoms with Gasteiger partial charge in [-0.3, -0.25) is 4.79 Å². The maximum absolute atomic E-state index is 12.9. The zero-order valence-electron chi connectivity index (χ0n) is 8.99. The SMILES string of the molecule is O=C(Cc1cccc(F)c1)c1ccc(Cl)cc1. The van der Waals surface area contributed by atoms with Crippen molar-refractivity contribution in [2.24, 2.45) is 0 Å². The van der Waals surface area contributed by atoms with Crippen LogP contribution in [0.4, 0.5) is 4.39 Å². The highest BCUT2D eigenvalue weighted by molar-refractivity contribution is 6.30. The molecular weight excluding hydrogens is 239 g/mol. The van der Waals surface area contributed by atoms with E-state index in [4.69, 9.17) is 11.6 Å². The zero-order chi connectivity index (χ0) is 12.3. The van der Waals surface area contributed by atoms with E-state index in [0.29, 0.717) is 16.1 Å². The zero-order valence-corrected chi connectivity index (χ0v) is 9.75. The molecule has 0 aliphatic rings. The Balaban J connectivity index is 2.14. The van der Waals surface area contributed by atoms with Crippen LogP contribution in [0, 0.1) is 5.82 Å². The summed E-state index contributed by atoms with van der Waals surface area (Å²) in [5.74, 6) is -0.376. The van der Waals surface area contributed by atoms with E-state index < -0.39 is 0 Å². The quantitative estimate of drug-likeness (QED) is 0.753. The van der Waals surface area contributed by atoms with Crippen LogP contribution in [-0.2, 0) is 6.42 Å². The number of Topliss-reactive ketones (excluding diaryl/α,β-unsaturated/α-hetero) is 1. The number of rotatable bonds is 3. The predicted octanol–water partition coefficient (Wildman–Crippen LogP) is 3.90. The van der Waals surface area contributed by atoms with Crippen LogP contribution in [0.3, 0.4) is 0 Å². The molecule has 0 aromatic heterocycles. The highest BCUT2D eigenvalue weighted by Gasteiger charge is 2.07. The minimum Gasteiger partial charge on any atom is -0.294 e. The molecule has 0 amide bonds. The van der Waals surface area contributed by atoms with Crippen molar-refractivity contribution < 1.29 is 9.18 Å². The fraction of sp³-hybridized carbons (Fsp3) is 0.0714. The second kappa shape index (κ2) is 5.11. The van der Waals surface area contributed by atoms with Crippen molar-refractivity contribution in [1.29, 1.82) is 0 Å². The normalized spacial score (nSPS) is 10.2. The van der Waals surface area contributed by atoms with Crippen molar-refractivity contribution in [2.75, 3.05) is 0 Å². The van der Waals surface area contributed by atoms with Crippen LogP contribution in [0.15, 0.2) is 48.5 Å². The first-order chi connectivity index (χ1) is 8.15. The summed E-state index contributed by atoms with van der Waals surface area (Å²) in [4.78, 5) is 11.9. The molecule has 0 spiro atoms. The number of hydrogen-bond donors (Lipinski definition) is 0. The lowest BCUT2D eigenvalue weighted by molar-refractivity contribution is 0.0993. The minimum atomic E-state index is -0.327. The molecule has 1 nitrogen and oxygen atoms in total. The second-order valence-corrected chi connectivity index (χ2v) is 4.17. The predicted molar refractivity (Wildman–Crippen MR) is 65.9 cm³/mol. The summed E-state index contributed by atoms with van der Waals surface area (Å²) >= 11 is 5.74. The summed E-state index contributed by atoms with van der Waals surface area (Å²) in [5, 5.41) is 0.590. The molecular formula is C14H10ClFO. The van der Waals surface area contributed by atoms with Crippen molar-refractivity contribution >= 4 is 17.4 Å². The van der Waals surface area contributed by atoms with Gasteiger partial charge in [0.1, 0.15) is 5.82 Å². The first-order valence-corrected chi connectivity index (χ1v) is 5.56. The van der Waals surface area contributed by atoms with Gasteiger partial charge in [0.25, 0.3) is 0 Å². The van der Waals surface area contributed by atoms with Crippen LogP contribution in [-0.4, -0.2) is 5.78 Å². The van der Waals surface area contributed by atoms with Gasteiger partial charge in [-0.25, -0.2) is 4.39 Å². The lowest BCUT2D eigenvalue weighted by Crippen LogP contribution is -2.03. The smallest absolute Gasteiger partial charge is 0.167 e. The van der Waals surface area contributed by atoms with E-state index in [1.807, 2.05) is 0 Å². The van der Waals surface area contributed by atoms with E-state index in [9.17, 15) is 9.18 Å². The molecule has 0 aliphatic heterocycles. The second-order valence-electron chi connectivity index (χ2n) is 3.74. The molecule has 86 valence electrons. The van der Waals surface area contributed by atoms with Crippen molar-refractivity contribution in [2.45, 2.75) is 6.42 Å². The average molecular weight is 249 g/mol. The number of hydrogen-bond acceptors (Lipinski definition) is 1. The van der Waals surface area contributed by atoms with Crippen molar-refractivity contribution in [3.05, 3.63) is 70.5 Å². The van der Waals surface area contributed by atoms with Gasteiger partial charge in [-0.15, -0.1) is 0 Å². The van der Waals surface area contributed by atoms with Gasteiger partial charge in [-0.1, -0.05) is 23.7 Å². The fourth-order valence-corrected chi connectivity index (χ4v) is 1.70. The Hall–Kier alpha value is -1.67. The summed E-state index contributed by atoms with van der Waals surface area (Å²) in [7, 11) is 0. The fourth-order valence-electron chi connectivity index (χ4n) is 1.57. The molecule has 0 bridgehead atoms. The Labute approximate surface area is 104 Å². The average Bonchev–Trinajstić information content (AvgIpc) is 2.29. The Morgan fingerprint density at radius 1 is 1.12 bits per heavy atom. The van der Waals surface area contributed by atoms with Crippen LogP contribution in [0.1, 0.15) is 15.9 Å². The van der Waals surface area contributed by atoms with E-state index in [1.54, 1.807) is 36.4 Å². The monoisotopic (exact) mass is 248 g/mol. The number of ketones is 1. The van der Waals surface area contributed by atoms with Crippen LogP contribution in [0.5, 0.6) is 0 Å². The van der Waals surface area contributed by atoms with E-state index in [2.05, 4.69) is 0 Å². The number of benzene rings is 2. The third-order valence-electron chi connectivity index (χ3n) is 2.42. The van der Waals surface area contributed by atoms with Crippen LogP contribution >= 0.6 is 11.6 Å². The number of carbonyl (C=O) groups excluding carboxylic acids is 1. The highest BCUT2D eigenvalue weighted by atomic mass is 35.5. The van der Waals surface area contributed by atoms with Crippen molar-refractivity contribution in [1.82, 2.24) is 0 Å². The highest BCUT2D eigenvalue weighted by Crippen LogP contribution is 2.13. The van der Waals surface area contributed by atoms with Gasteiger partial charge in [0.2, 0.25) is 0 Å². The summed E-state index contributed by atoms with van der Waals surface area (Å²) in [5.41, 5.74) is 1.25. The maximum atomic E-state index is 12.9. The summed E-state index contributed by atoms with van der Waals surface area (Å²) in [6.45, 7) is 0. The third kappa shape index (κ3) is 3.14. The molecule has 0 fully saturated rings. The molecule has 0 N–H and O–H groups in total. The molecule has 0 aliphatic carbocycles. The van der Waals surface area contributed by atoms with E-state index in [0.717, 1.165) is 0 Å². The van der Waals surface area contributed by atoms with Gasteiger partial charge in [-0.05, 0) is 42.0 Å². The lowest BCUT2D eigenvalue weighted by atomic mass is 10.0. The molecule has 0 unspecified atom stereocenters. The molecule has 2 aromatic rings. The van der Waals surface area contributed by atoms with Gasteiger partial charge in [0.05, 0.1) is 0 Å². The molecule has 2 aromatic carbocycles. The number of halogens is 2. The Morgan fingerprint density at radius 2 is 1.82 bits per heavy atom. The number of carbonyl (C=O) groups is 1. The molecule has 3 heteroatoms. The molecule has 17 heavy (non-hydrogen) atoms. The van der Waals surface area contributed by atoms with Gasteiger partial charge in [-0.2, -0.15) is 0 Å². The van der Waals surface area contributed by atoms with Gasteiger partial charge in [0, 0.05) is 17.0 Å². The van der Waals surface area contributed by atoms with E-state index in [1.165, 1.54) is 12.1 Å². The first-order valence-electron chi connectivity index (χ1n) is 5.18. The molecule has 0 saturated heterocycles. The first kappa shape index (κ1) is 11.8. The molecule has 0 saturated carbocycles. The van der Waals surface area contributed by atoms with E-state index >= 15 is 0 Å². The molecule has 2 rings (SSSR count). The largest absolute Gasteiger partial charge is 0.294 e. The summed E-state index contributed by atoms with van der Waals surface area (Å²) in [6.07, 6.45) is 0.194. The Morgan fingerprint density at radius 3 is 2.47 bits per heavy atom. The minimum absolute atomic E-state index is 0.0488. The third-order valence-corrected chi connectivity index (χ3v) is 2.67. The topological polar surface area (TPSA) is 17.1 Å². The van der Waals surface area contributed by atoms with Gasteiger partial charge < -0.3 is 0 Å². The molecule has 0 radical (unpaired) electrons. The maximum Gasteiger partial charge on any atom is 0.167 e. The van der Waals surface area contributed by atoms with Gasteiger partial charge in [0.15, 0.2) is 5.78 Å². The molecule has 0 heterocycles. The molecule has 0 atom stereocenters. The van der Waals surface area contributed by atoms with Crippen LogP contribution in [0.25, 0.3) is 0 Å². The standard InChI is InChI=1S/C14H10ClFO/c15-12-6-4-11(5-7-12)14(17)9-10-2-1-3-13(16)8-10/h1-8H,9H2. The lowest BCUT2D eigenvalue weighted by Gasteiger charge is -2.02. The van der Waals surface area contributed by atoms with Crippen LogP contribution < -0.4 is 0 Å². The van der Waals surface area contributed by atoms with Crippen LogP contribution in [0.2, 0.25) is 5.02 Å². The summed E-state index contributed by atoms with van der Waals surface area (Å²) in [6, 6.07) is 12.7. The van der Waals surface area contributed by atoms with Gasteiger partial charge >= 0.3 is 0 Å². The van der Waals surface area contributed by atoms with Crippen molar-refractivity contribution in [3.8, 4) is 0 Å². The van der Waals surface area contributed by atoms with Crippen molar-refractivity contribution in [3.63, 3.8) is 0 Å². The summed E-state index contributed by atoms with van der Waals surface area (Å²) < 4.78 is 12.9. The Bertz CT molecular complexity index is 534.